The molecule has 4 aliphatic rings. The van der Waals surface area contributed by atoms with Gasteiger partial charge in [0.2, 0.25) is 0 Å². The fourth-order valence-corrected chi connectivity index (χ4v) is 11.1. The van der Waals surface area contributed by atoms with Gasteiger partial charge in [0, 0.05) is 84.4 Å². The largest absolute Gasteiger partial charge is 0.399 e. The number of aromatic nitrogens is 12. The number of nitrogens with zero attached hydrogens (tertiary/aromatic N) is 13. The number of rotatable bonds is 9. The van der Waals surface area contributed by atoms with Crippen LogP contribution in [0.1, 0.15) is 337 Å². The van der Waals surface area contributed by atoms with E-state index in [9.17, 15) is 0 Å². The van der Waals surface area contributed by atoms with Crippen LogP contribution in [-0.4, -0.2) is 71.9 Å². The molecule has 4 aromatic heterocycles. The molecule has 4 atom stereocenters. The van der Waals surface area contributed by atoms with Gasteiger partial charge in [-0.05, 0) is 67.6 Å². The van der Waals surface area contributed by atoms with Crippen molar-refractivity contribution in [2.24, 2.45) is 34.2 Å². The number of allylic oxidation sites excluding steroid dienone is 2. The van der Waals surface area contributed by atoms with Gasteiger partial charge < -0.3 is 4.84 Å². The minimum atomic E-state index is -0.0476. The maximum Gasteiger partial charge on any atom is 0.153 e. The first kappa shape index (κ1) is 79.5. The third-order valence-electron chi connectivity index (χ3n) is 17.8. The maximum atomic E-state index is 4.99. The predicted molar refractivity (Wildman–Crippen MR) is 361 cm³/mol. The van der Waals surface area contributed by atoms with E-state index in [2.05, 4.69) is 200 Å². The first-order chi connectivity index (χ1) is 38.7. The summed E-state index contributed by atoms with van der Waals surface area (Å²) >= 11 is 0. The Morgan fingerprint density at radius 3 is 0.940 bits per heavy atom. The van der Waals surface area contributed by atoms with Crippen molar-refractivity contribution in [2.75, 3.05) is 7.11 Å². The molecule has 0 saturated carbocycles. The Morgan fingerprint density at radius 2 is 0.667 bits per heavy atom. The van der Waals surface area contributed by atoms with Gasteiger partial charge in [0.1, 0.15) is 30.4 Å². The summed E-state index contributed by atoms with van der Waals surface area (Å²) in [5, 5.41) is 23.0. The molecule has 8 heterocycles. The van der Waals surface area contributed by atoms with Crippen molar-refractivity contribution in [3.8, 4) is 0 Å². The molecule has 14 nitrogen and oxygen atoms in total. The van der Waals surface area contributed by atoms with E-state index in [1.165, 1.54) is 29.8 Å². The van der Waals surface area contributed by atoms with Crippen molar-refractivity contribution in [3.63, 3.8) is 0 Å². The van der Waals surface area contributed by atoms with Crippen molar-refractivity contribution < 1.29 is 4.84 Å². The molecule has 0 aliphatic carbocycles. The van der Waals surface area contributed by atoms with Crippen LogP contribution in [0, 0.1) is 29.1 Å². The van der Waals surface area contributed by atoms with Gasteiger partial charge in [0.15, 0.2) is 23.3 Å². The highest BCUT2D eigenvalue weighted by molar-refractivity contribution is 5.85. The van der Waals surface area contributed by atoms with Gasteiger partial charge in [-0.3, -0.25) is 0 Å². The average molecular weight is 1170 g/mol. The Labute approximate surface area is 517 Å². The summed E-state index contributed by atoms with van der Waals surface area (Å²) < 4.78 is 8.50. The van der Waals surface area contributed by atoms with E-state index in [1.54, 1.807) is 7.11 Å². The van der Waals surface area contributed by atoms with E-state index in [4.69, 9.17) is 35.0 Å². The van der Waals surface area contributed by atoms with Gasteiger partial charge in [-0.1, -0.05) is 245 Å². The highest BCUT2D eigenvalue weighted by Crippen LogP contribution is 2.46. The quantitative estimate of drug-likeness (QED) is 0.118. The maximum absolute atomic E-state index is 4.99. The molecule has 0 amide bonds. The first-order valence-electron chi connectivity index (χ1n) is 33.0. The molecule has 0 saturated heterocycles. The summed E-state index contributed by atoms with van der Waals surface area (Å²) in [6.45, 7) is 77.5. The number of aryl methyl sites for hydroxylation is 4. The number of oxime groups is 1. The molecule has 0 bridgehead atoms. The fraction of sp³-hybridized carbons (Fsp3) is 0.814. The van der Waals surface area contributed by atoms with Crippen LogP contribution in [0.4, 0.5) is 0 Å². The van der Waals surface area contributed by atoms with E-state index >= 15 is 0 Å². The first-order valence-corrected chi connectivity index (χ1v) is 33.0. The predicted octanol–water partition coefficient (Wildman–Crippen LogP) is 19.3. The topological polar surface area (TPSA) is 144 Å². The van der Waals surface area contributed by atoms with Crippen molar-refractivity contribution in [3.05, 3.63) is 70.9 Å². The SMILES string of the molecule is C.C=C1CCn2nc(C(C)C)nc2C(C)(C(C)C)C1.C=C1CCn2nc(C(C)C)nc2C(C)(C(C)C)C1.CC.CC.CC.CC.CC(C)c1nc2n(n1)CCC(C)(C)CC2(C)C(C)C.CO/N=C1/CCn2nc(C(C)C)nc2C(C)(C(C)C)C1. The van der Waals surface area contributed by atoms with E-state index in [0.29, 0.717) is 52.8 Å². The molecule has 84 heavy (non-hydrogen) atoms. The summed E-state index contributed by atoms with van der Waals surface area (Å²) in [6.07, 6.45) is 8.24. The van der Waals surface area contributed by atoms with Crippen LogP contribution in [0.3, 0.4) is 0 Å². The van der Waals surface area contributed by atoms with Gasteiger partial charge in [-0.25, -0.2) is 38.7 Å². The lowest BCUT2D eigenvalue weighted by Gasteiger charge is -2.37. The smallest absolute Gasteiger partial charge is 0.153 e. The molecular formula is C70H133N13O. The zero-order valence-electron chi connectivity index (χ0n) is 59.7. The Bertz CT molecular complexity index is 2490. The van der Waals surface area contributed by atoms with Crippen molar-refractivity contribution in [1.82, 2.24) is 59.1 Å². The minimum absolute atomic E-state index is 0. The second-order valence-corrected chi connectivity index (χ2v) is 27.2. The van der Waals surface area contributed by atoms with Crippen LogP contribution in [0.2, 0.25) is 0 Å². The van der Waals surface area contributed by atoms with Gasteiger partial charge in [-0.15, -0.1) is 0 Å². The molecule has 0 fully saturated rings. The molecule has 14 heteroatoms. The monoisotopic (exact) mass is 1170 g/mol. The van der Waals surface area contributed by atoms with E-state index in [1.807, 2.05) is 55.4 Å². The van der Waals surface area contributed by atoms with Gasteiger partial charge in [-0.2, -0.15) is 20.4 Å². The molecule has 484 valence electrons. The highest BCUT2D eigenvalue weighted by Gasteiger charge is 2.44. The molecule has 4 unspecified atom stereocenters. The lowest BCUT2D eigenvalue weighted by molar-refractivity contribution is 0.192. The summed E-state index contributed by atoms with van der Waals surface area (Å²) in [4.78, 5) is 24.4. The molecule has 0 spiro atoms. The Morgan fingerprint density at radius 1 is 0.405 bits per heavy atom. The van der Waals surface area contributed by atoms with Crippen LogP contribution < -0.4 is 0 Å². The average Bonchev–Trinajstić information content (AvgIpc) is 3.67. The molecule has 8 rings (SSSR count). The lowest BCUT2D eigenvalue weighted by atomic mass is 9.67. The number of fused-ring (bicyclic) bond motifs is 4. The van der Waals surface area contributed by atoms with Crippen LogP contribution in [0.25, 0.3) is 0 Å². The third kappa shape index (κ3) is 19.5. The second kappa shape index (κ2) is 34.7. The highest BCUT2D eigenvalue weighted by atomic mass is 16.6. The van der Waals surface area contributed by atoms with Crippen molar-refractivity contribution in [1.29, 1.82) is 0 Å². The summed E-state index contributed by atoms with van der Waals surface area (Å²) in [6, 6.07) is 0. The summed E-state index contributed by atoms with van der Waals surface area (Å²) in [5.74, 6) is 12.2. The molecule has 0 N–H and O–H groups in total. The van der Waals surface area contributed by atoms with Crippen molar-refractivity contribution >= 4 is 5.71 Å². The van der Waals surface area contributed by atoms with Crippen LogP contribution >= 0.6 is 0 Å². The summed E-state index contributed by atoms with van der Waals surface area (Å²) in [7, 11) is 1.61. The van der Waals surface area contributed by atoms with Crippen molar-refractivity contribution in [2.45, 2.75) is 338 Å². The molecule has 4 aromatic rings. The normalized spacial score (nSPS) is 22.8. The van der Waals surface area contributed by atoms with Crippen LogP contribution in [0.5, 0.6) is 0 Å². The van der Waals surface area contributed by atoms with E-state index in [-0.39, 0.29) is 29.1 Å². The molecule has 4 aliphatic heterocycles. The third-order valence-corrected chi connectivity index (χ3v) is 17.8. The van der Waals surface area contributed by atoms with Gasteiger partial charge >= 0.3 is 0 Å². The minimum Gasteiger partial charge on any atom is -0.399 e. The van der Waals surface area contributed by atoms with E-state index < -0.39 is 0 Å². The molecule has 0 aromatic carbocycles. The zero-order chi connectivity index (χ0) is 64.3. The van der Waals surface area contributed by atoms with Crippen LogP contribution in [0.15, 0.2) is 29.5 Å². The molecular weight excluding hydrogens is 1040 g/mol. The lowest BCUT2D eigenvalue weighted by Crippen LogP contribution is -2.34. The second-order valence-electron chi connectivity index (χ2n) is 27.2. The van der Waals surface area contributed by atoms with Gasteiger partial charge in [0.25, 0.3) is 0 Å². The number of hydrogen-bond acceptors (Lipinski definition) is 10. The Balaban J connectivity index is 0.00000105. The summed E-state index contributed by atoms with van der Waals surface area (Å²) in [5.41, 5.74) is 4.31. The Kier molecular flexibility index (Phi) is 32.9. The fourth-order valence-electron chi connectivity index (χ4n) is 11.1. The zero-order valence-corrected chi connectivity index (χ0v) is 59.7. The Hall–Kier alpha value is -4.49. The number of hydrogen-bond donors (Lipinski definition) is 0. The molecule has 0 radical (unpaired) electrons. The van der Waals surface area contributed by atoms with Gasteiger partial charge in [0.05, 0.1) is 5.71 Å². The van der Waals surface area contributed by atoms with Crippen LogP contribution in [-0.2, 0) is 52.7 Å². The standard InChI is InChI=1S/C16H29N3.C15H26N4O.2C15H25N3.4C2H6.CH4/c1-11(2)13-17-14-16(7,12(3)4)10-15(5,6)8-9-19(14)18-13;1-10(2)13-16-14-15(5,11(3)4)9-12(18-20-6)7-8-19(14)17-13;2*1-10(2)13-16-14-15(6,11(3)4)9-12(5)7-8-18(14)17-13;4*1-2;/h11-12H,8-10H2,1-7H3;10-11H,7-9H2,1-6H3;2*10-11H,5,7-9H2,1-4,6H3;4*1-2H3;1H4/b;18-12-;;;;;;;. The van der Waals surface area contributed by atoms with E-state index in [0.717, 1.165) is 111 Å².